The Morgan fingerprint density at radius 2 is 2.08 bits per heavy atom. The third-order valence-corrected chi connectivity index (χ3v) is 3.93. The molecule has 0 aliphatic carbocycles. The summed E-state index contributed by atoms with van der Waals surface area (Å²) in [5.41, 5.74) is 3.12. The highest BCUT2D eigenvalue weighted by Gasteiger charge is 2.06. The summed E-state index contributed by atoms with van der Waals surface area (Å²) in [6.07, 6.45) is 1.82. The Morgan fingerprint density at radius 1 is 1.20 bits per heavy atom. The minimum Gasteiger partial charge on any atom is -0.494 e. The summed E-state index contributed by atoms with van der Waals surface area (Å²) in [4.78, 5) is 19.6. The van der Waals surface area contributed by atoms with Crippen molar-refractivity contribution in [2.24, 2.45) is 0 Å². The number of hydrogen-bond acceptors (Lipinski definition) is 3. The molecule has 130 valence electrons. The fourth-order valence-electron chi connectivity index (χ4n) is 2.64. The number of H-pyrrole nitrogens is 1. The summed E-state index contributed by atoms with van der Waals surface area (Å²) < 4.78 is 5.67. The number of imidazole rings is 1. The molecule has 0 fully saturated rings. The molecule has 3 aromatic rings. The van der Waals surface area contributed by atoms with E-state index in [9.17, 15) is 4.79 Å². The van der Waals surface area contributed by atoms with Crippen LogP contribution in [0.25, 0.3) is 11.0 Å². The molecule has 1 heterocycles. The van der Waals surface area contributed by atoms with Crippen molar-refractivity contribution in [3.63, 3.8) is 0 Å². The molecule has 0 bridgehead atoms. The highest BCUT2D eigenvalue weighted by molar-refractivity contribution is 5.77. The number of nitrogens with zero attached hydrogens (tertiary/aromatic N) is 1. The Bertz CT molecular complexity index is 809. The average Bonchev–Trinajstić information content (AvgIpc) is 3.03. The maximum Gasteiger partial charge on any atom is 0.220 e. The molecule has 1 aromatic heterocycles. The molecule has 5 nitrogen and oxygen atoms in total. The Hall–Kier alpha value is -2.82. The van der Waals surface area contributed by atoms with E-state index < -0.39 is 0 Å². The van der Waals surface area contributed by atoms with Crippen molar-refractivity contribution in [3.8, 4) is 5.75 Å². The summed E-state index contributed by atoms with van der Waals surface area (Å²) in [6.45, 7) is 3.24. The number of amides is 1. The van der Waals surface area contributed by atoms with E-state index in [1.807, 2.05) is 55.5 Å². The number of rotatable bonds is 8. The number of para-hydroxylation sites is 2. The maximum absolute atomic E-state index is 11.9. The van der Waals surface area contributed by atoms with Crippen molar-refractivity contribution < 1.29 is 9.53 Å². The molecule has 2 aromatic carbocycles. The van der Waals surface area contributed by atoms with E-state index >= 15 is 0 Å². The molecule has 0 aliphatic rings. The van der Waals surface area contributed by atoms with Crippen molar-refractivity contribution >= 4 is 16.9 Å². The van der Waals surface area contributed by atoms with Crippen LogP contribution >= 0.6 is 0 Å². The van der Waals surface area contributed by atoms with E-state index in [-0.39, 0.29) is 5.91 Å². The third kappa shape index (κ3) is 5.08. The largest absolute Gasteiger partial charge is 0.494 e. The fourth-order valence-corrected chi connectivity index (χ4v) is 2.64. The van der Waals surface area contributed by atoms with Crippen LogP contribution in [0.3, 0.4) is 0 Å². The highest BCUT2D eigenvalue weighted by atomic mass is 16.5. The van der Waals surface area contributed by atoms with Gasteiger partial charge in [-0.3, -0.25) is 4.79 Å². The van der Waals surface area contributed by atoms with Gasteiger partial charge in [-0.1, -0.05) is 24.3 Å². The number of nitrogens with one attached hydrogen (secondary N) is 2. The van der Waals surface area contributed by atoms with Gasteiger partial charge in [0.05, 0.1) is 17.6 Å². The van der Waals surface area contributed by atoms with E-state index in [0.29, 0.717) is 26.0 Å². The minimum atomic E-state index is 0.0380. The lowest BCUT2D eigenvalue weighted by Gasteiger charge is -2.07. The summed E-state index contributed by atoms with van der Waals surface area (Å²) >= 11 is 0. The summed E-state index contributed by atoms with van der Waals surface area (Å²) in [5, 5.41) is 2.92. The van der Waals surface area contributed by atoms with Gasteiger partial charge in [0.1, 0.15) is 11.6 Å². The molecule has 0 aliphatic heterocycles. The van der Waals surface area contributed by atoms with Crippen molar-refractivity contribution in [2.75, 3.05) is 13.2 Å². The molecule has 3 rings (SSSR count). The number of aromatic nitrogens is 2. The maximum atomic E-state index is 11.9. The summed E-state index contributed by atoms with van der Waals surface area (Å²) in [7, 11) is 0. The van der Waals surface area contributed by atoms with Gasteiger partial charge in [-0.2, -0.15) is 0 Å². The molecule has 0 spiro atoms. The third-order valence-electron chi connectivity index (χ3n) is 3.93. The standard InChI is InChI=1S/C20H23N3O2/c1-15-6-4-7-16(14-15)25-13-5-12-21-20(24)11-10-19-22-17-8-2-3-9-18(17)23-19/h2-4,6-9,14H,5,10-13H2,1H3,(H,21,24)(H,22,23). The first-order chi connectivity index (χ1) is 12.2. The van der Waals surface area contributed by atoms with Gasteiger partial charge in [0.25, 0.3) is 0 Å². The van der Waals surface area contributed by atoms with E-state index in [1.165, 1.54) is 5.56 Å². The molecule has 0 radical (unpaired) electrons. The van der Waals surface area contributed by atoms with Gasteiger partial charge < -0.3 is 15.0 Å². The molecule has 0 saturated carbocycles. The molecule has 0 unspecified atom stereocenters. The predicted octanol–water partition coefficient (Wildman–Crippen LogP) is 3.39. The van der Waals surface area contributed by atoms with Gasteiger partial charge >= 0.3 is 0 Å². The molecule has 0 atom stereocenters. The minimum absolute atomic E-state index is 0.0380. The zero-order chi connectivity index (χ0) is 17.5. The second-order valence-electron chi connectivity index (χ2n) is 6.07. The Kier molecular flexibility index (Phi) is 5.67. The lowest BCUT2D eigenvalue weighted by molar-refractivity contribution is -0.121. The van der Waals surface area contributed by atoms with Crippen LogP contribution in [0.2, 0.25) is 0 Å². The van der Waals surface area contributed by atoms with Crippen LogP contribution < -0.4 is 10.1 Å². The van der Waals surface area contributed by atoms with Gasteiger partial charge in [0, 0.05) is 19.4 Å². The Morgan fingerprint density at radius 3 is 2.92 bits per heavy atom. The summed E-state index contributed by atoms with van der Waals surface area (Å²) in [5.74, 6) is 1.76. The lowest BCUT2D eigenvalue weighted by Crippen LogP contribution is -2.25. The van der Waals surface area contributed by atoms with Crippen LogP contribution in [0.4, 0.5) is 0 Å². The summed E-state index contributed by atoms with van der Waals surface area (Å²) in [6, 6.07) is 15.8. The molecule has 25 heavy (non-hydrogen) atoms. The smallest absolute Gasteiger partial charge is 0.220 e. The van der Waals surface area contributed by atoms with Gasteiger partial charge in [-0.25, -0.2) is 4.98 Å². The van der Waals surface area contributed by atoms with Crippen LogP contribution in [0.5, 0.6) is 5.75 Å². The number of aryl methyl sites for hydroxylation is 2. The molecule has 5 heteroatoms. The van der Waals surface area contributed by atoms with Crippen molar-refractivity contribution in [1.82, 2.24) is 15.3 Å². The number of hydrogen-bond donors (Lipinski definition) is 2. The normalized spacial score (nSPS) is 10.8. The quantitative estimate of drug-likeness (QED) is 0.619. The topological polar surface area (TPSA) is 67.0 Å². The highest BCUT2D eigenvalue weighted by Crippen LogP contribution is 2.12. The first-order valence-electron chi connectivity index (χ1n) is 8.60. The molecule has 2 N–H and O–H groups in total. The number of ether oxygens (including phenoxy) is 1. The van der Waals surface area contributed by atoms with Crippen LogP contribution in [-0.4, -0.2) is 29.0 Å². The lowest BCUT2D eigenvalue weighted by atomic mass is 10.2. The SMILES string of the molecule is Cc1cccc(OCCCNC(=O)CCc2nc3ccccc3[nH]2)c1. The van der Waals surface area contributed by atoms with Gasteiger partial charge in [-0.05, 0) is 43.2 Å². The van der Waals surface area contributed by atoms with Gasteiger partial charge in [-0.15, -0.1) is 0 Å². The number of carbonyl (C=O) groups excluding carboxylic acids is 1. The van der Waals surface area contributed by atoms with E-state index in [4.69, 9.17) is 4.74 Å². The zero-order valence-corrected chi connectivity index (χ0v) is 14.4. The zero-order valence-electron chi connectivity index (χ0n) is 14.4. The molecular formula is C20H23N3O2. The monoisotopic (exact) mass is 337 g/mol. The van der Waals surface area contributed by atoms with Crippen molar-refractivity contribution in [1.29, 1.82) is 0 Å². The van der Waals surface area contributed by atoms with E-state index in [0.717, 1.165) is 29.0 Å². The van der Waals surface area contributed by atoms with Gasteiger partial charge in [0.15, 0.2) is 0 Å². The number of carbonyl (C=O) groups is 1. The van der Waals surface area contributed by atoms with E-state index in [2.05, 4.69) is 15.3 Å². The Balaban J connectivity index is 1.33. The second kappa shape index (κ2) is 8.33. The first-order valence-corrected chi connectivity index (χ1v) is 8.60. The predicted molar refractivity (Wildman–Crippen MR) is 98.7 cm³/mol. The van der Waals surface area contributed by atoms with Crippen LogP contribution in [-0.2, 0) is 11.2 Å². The molecule has 1 amide bonds. The molecule has 0 saturated heterocycles. The van der Waals surface area contributed by atoms with Crippen molar-refractivity contribution in [2.45, 2.75) is 26.2 Å². The number of fused-ring (bicyclic) bond motifs is 1. The number of aromatic amines is 1. The van der Waals surface area contributed by atoms with Crippen LogP contribution in [0.1, 0.15) is 24.2 Å². The fraction of sp³-hybridized carbons (Fsp3) is 0.300. The second-order valence-corrected chi connectivity index (χ2v) is 6.07. The number of benzene rings is 2. The first kappa shape index (κ1) is 17.0. The van der Waals surface area contributed by atoms with Crippen molar-refractivity contribution in [3.05, 3.63) is 59.9 Å². The Labute approximate surface area is 147 Å². The van der Waals surface area contributed by atoms with Crippen LogP contribution in [0, 0.1) is 6.92 Å². The average molecular weight is 337 g/mol. The molecular weight excluding hydrogens is 314 g/mol. The van der Waals surface area contributed by atoms with Crippen LogP contribution in [0.15, 0.2) is 48.5 Å². The van der Waals surface area contributed by atoms with E-state index in [1.54, 1.807) is 0 Å². The van der Waals surface area contributed by atoms with Gasteiger partial charge in [0.2, 0.25) is 5.91 Å².